The van der Waals surface area contributed by atoms with Gasteiger partial charge in [-0.3, -0.25) is 4.79 Å². The molecule has 4 nitrogen and oxygen atoms in total. The number of allylic oxidation sites excluding steroid dienone is 1. The van der Waals surface area contributed by atoms with E-state index in [0.717, 1.165) is 36.0 Å². The van der Waals surface area contributed by atoms with Crippen LogP contribution in [0.5, 0.6) is 0 Å². The summed E-state index contributed by atoms with van der Waals surface area (Å²) in [7, 11) is 0. The lowest BCUT2D eigenvalue weighted by Gasteiger charge is -2.58. The van der Waals surface area contributed by atoms with Crippen LogP contribution in [0.1, 0.15) is 63.7 Å². The molecule has 6 rings (SSSR count). The average Bonchev–Trinajstić information content (AvgIpc) is 3.50. The summed E-state index contributed by atoms with van der Waals surface area (Å²) in [6, 6.07) is 22.5. The zero-order valence-corrected chi connectivity index (χ0v) is 22.1. The molecule has 4 bridgehead atoms. The van der Waals surface area contributed by atoms with Gasteiger partial charge in [0.05, 0.1) is 18.1 Å². The van der Waals surface area contributed by atoms with Crippen molar-refractivity contribution in [2.45, 2.75) is 52.6 Å². The third-order valence-electron chi connectivity index (χ3n) is 10.7. The molecule has 0 heterocycles. The second-order valence-corrected chi connectivity index (χ2v) is 12.4. The van der Waals surface area contributed by atoms with Crippen LogP contribution in [0.4, 0.5) is 0 Å². The van der Waals surface area contributed by atoms with Gasteiger partial charge in [-0.15, -0.1) is 0 Å². The normalized spacial score (nSPS) is 37.4. The number of nitrogens with zero attached hydrogens (tertiary/aromatic N) is 1. The van der Waals surface area contributed by atoms with Gasteiger partial charge in [0.15, 0.2) is 6.10 Å². The molecule has 0 saturated heterocycles. The van der Waals surface area contributed by atoms with Crippen LogP contribution in [0.25, 0.3) is 0 Å². The van der Waals surface area contributed by atoms with Crippen molar-refractivity contribution in [2.24, 2.45) is 45.8 Å². The largest absolute Gasteiger partial charge is 0.452 e. The van der Waals surface area contributed by atoms with E-state index in [4.69, 9.17) is 4.74 Å². The van der Waals surface area contributed by atoms with Gasteiger partial charge in [-0.1, -0.05) is 99.5 Å². The Morgan fingerprint density at radius 2 is 1.68 bits per heavy atom. The first-order chi connectivity index (χ1) is 17.9. The number of aliphatic hydroxyl groups is 1. The topological polar surface area (TPSA) is 70.3 Å². The maximum absolute atomic E-state index is 15.0. The number of hydrogen-bond acceptors (Lipinski definition) is 4. The molecule has 192 valence electrons. The molecule has 2 aromatic rings. The smallest absolute Gasteiger partial charge is 0.319 e. The summed E-state index contributed by atoms with van der Waals surface area (Å²) in [5.41, 5.74) is 0.164. The van der Waals surface area contributed by atoms with E-state index in [1.165, 1.54) is 0 Å². The zero-order chi connectivity index (χ0) is 26.0. The highest BCUT2D eigenvalue weighted by Gasteiger charge is 2.85. The van der Waals surface area contributed by atoms with E-state index in [1.807, 2.05) is 60.7 Å². The van der Waals surface area contributed by atoms with E-state index in [1.54, 1.807) is 0 Å². The molecule has 4 aliphatic rings. The molecular weight excluding hydrogens is 458 g/mol. The van der Waals surface area contributed by atoms with Gasteiger partial charge in [0.25, 0.3) is 0 Å². The number of carbonyl (C=O) groups excluding carboxylic acids is 1. The molecule has 4 heteroatoms. The molecule has 0 spiro atoms. The number of fused-ring (bicyclic) bond motifs is 2. The van der Waals surface area contributed by atoms with Gasteiger partial charge in [0.1, 0.15) is 5.41 Å². The summed E-state index contributed by atoms with van der Waals surface area (Å²) in [4.78, 5) is 15.0. The third kappa shape index (κ3) is 2.95. The van der Waals surface area contributed by atoms with Crippen LogP contribution in [0, 0.1) is 57.2 Å². The van der Waals surface area contributed by atoms with Crippen molar-refractivity contribution in [3.63, 3.8) is 0 Å². The Kier molecular flexibility index (Phi) is 5.66. The maximum atomic E-state index is 15.0. The van der Waals surface area contributed by atoms with Gasteiger partial charge >= 0.3 is 5.97 Å². The maximum Gasteiger partial charge on any atom is 0.319 e. The summed E-state index contributed by atoms with van der Waals surface area (Å²) >= 11 is 0. The van der Waals surface area contributed by atoms with Crippen molar-refractivity contribution in [1.82, 2.24) is 0 Å². The summed E-state index contributed by atoms with van der Waals surface area (Å²) in [6.07, 6.45) is 5.14. The number of hydrogen-bond donors (Lipinski definition) is 1. The lowest BCUT2D eigenvalue weighted by atomic mass is 9.43. The van der Waals surface area contributed by atoms with E-state index in [0.29, 0.717) is 18.3 Å². The number of nitriles is 1. The minimum Gasteiger partial charge on any atom is -0.452 e. The molecule has 0 aromatic heterocycles. The zero-order valence-electron chi connectivity index (χ0n) is 22.1. The van der Waals surface area contributed by atoms with Gasteiger partial charge in [0, 0.05) is 5.41 Å². The Bertz CT molecular complexity index is 1220. The first-order valence-electron chi connectivity index (χ1n) is 13.9. The second-order valence-electron chi connectivity index (χ2n) is 12.4. The Labute approximate surface area is 220 Å². The van der Waals surface area contributed by atoms with Gasteiger partial charge < -0.3 is 9.84 Å². The summed E-state index contributed by atoms with van der Waals surface area (Å²) in [6.45, 7) is 6.43. The number of ether oxygens (including phenoxy) is 1. The SMILES string of the molecule is CC(C)C1=CC2CC3(C#N)[C@@H]4CC[C@@H](C)[C@H]4CC2(CO)C13C(=O)OC(c1ccccc1)c1ccccc1. The molecule has 4 unspecified atom stereocenters. The van der Waals surface area contributed by atoms with Crippen molar-refractivity contribution < 1.29 is 14.6 Å². The standard InChI is InChI=1S/C33H37NO3/c1-21(2)28-16-25-17-31(19-34)27-15-14-22(3)26(27)18-32(25,20-35)33(28,31)30(36)37-29(23-10-6-4-7-11-23)24-12-8-5-9-13-24/h4-13,16,21-22,25-27,29,35H,14-15,17-18,20H2,1-3H3/t22-,25?,26-,27-,31?,32?,33?/m1/s1. The first kappa shape index (κ1) is 24.4. The van der Waals surface area contributed by atoms with E-state index in [9.17, 15) is 15.2 Å². The molecule has 3 fully saturated rings. The fourth-order valence-corrected chi connectivity index (χ4v) is 9.32. The van der Waals surface area contributed by atoms with Crippen LogP contribution >= 0.6 is 0 Å². The minimum atomic E-state index is -1.13. The highest BCUT2D eigenvalue weighted by atomic mass is 16.5. The van der Waals surface area contributed by atoms with E-state index in [-0.39, 0.29) is 30.3 Å². The predicted molar refractivity (Wildman–Crippen MR) is 142 cm³/mol. The van der Waals surface area contributed by atoms with Crippen molar-refractivity contribution in [2.75, 3.05) is 6.61 Å². The number of esters is 1. The van der Waals surface area contributed by atoms with E-state index < -0.39 is 22.3 Å². The average molecular weight is 496 g/mol. The van der Waals surface area contributed by atoms with Gasteiger partial charge in [-0.25, -0.2) is 0 Å². The molecule has 2 aromatic carbocycles. The second kappa shape index (κ2) is 8.57. The highest BCUT2D eigenvalue weighted by Crippen LogP contribution is 2.83. The quantitative estimate of drug-likeness (QED) is 0.368. The van der Waals surface area contributed by atoms with Gasteiger partial charge in [-0.05, 0) is 60.0 Å². The summed E-state index contributed by atoms with van der Waals surface area (Å²) < 4.78 is 6.63. The summed E-state index contributed by atoms with van der Waals surface area (Å²) in [5, 5.41) is 22.2. The molecule has 3 saturated carbocycles. The molecular formula is C33H37NO3. The lowest BCUT2D eigenvalue weighted by Crippen LogP contribution is -2.62. The van der Waals surface area contributed by atoms with E-state index >= 15 is 0 Å². The van der Waals surface area contributed by atoms with Crippen molar-refractivity contribution in [1.29, 1.82) is 5.26 Å². The molecule has 37 heavy (non-hydrogen) atoms. The van der Waals surface area contributed by atoms with Gasteiger partial charge in [0.2, 0.25) is 0 Å². The minimum absolute atomic E-state index is 0.0202. The predicted octanol–water partition coefficient (Wildman–Crippen LogP) is 6.48. The van der Waals surface area contributed by atoms with Crippen molar-refractivity contribution in [3.05, 3.63) is 83.4 Å². The monoisotopic (exact) mass is 495 g/mol. The molecule has 0 aliphatic heterocycles. The number of aliphatic hydroxyl groups excluding tert-OH is 1. The first-order valence-corrected chi connectivity index (χ1v) is 13.9. The summed E-state index contributed by atoms with van der Waals surface area (Å²) in [5.74, 6) is 0.790. The van der Waals surface area contributed by atoms with Crippen molar-refractivity contribution >= 4 is 5.97 Å². The fraction of sp³-hybridized carbons (Fsp3) is 0.515. The number of benzene rings is 2. The third-order valence-corrected chi connectivity index (χ3v) is 10.7. The van der Waals surface area contributed by atoms with Crippen LogP contribution < -0.4 is 0 Å². The number of rotatable bonds is 6. The number of carbonyl (C=O) groups is 1. The highest BCUT2D eigenvalue weighted by molar-refractivity contribution is 5.87. The molecule has 0 radical (unpaired) electrons. The Hall–Kier alpha value is -2.90. The molecule has 7 atom stereocenters. The van der Waals surface area contributed by atoms with Crippen LogP contribution in [-0.2, 0) is 9.53 Å². The van der Waals surface area contributed by atoms with Crippen molar-refractivity contribution in [3.8, 4) is 6.07 Å². The molecule has 0 amide bonds. The lowest BCUT2D eigenvalue weighted by molar-refractivity contribution is -0.187. The van der Waals surface area contributed by atoms with Gasteiger partial charge in [-0.2, -0.15) is 5.26 Å². The van der Waals surface area contributed by atoms with Crippen LogP contribution in [0.3, 0.4) is 0 Å². The fourth-order valence-electron chi connectivity index (χ4n) is 9.32. The Morgan fingerprint density at radius 1 is 1.05 bits per heavy atom. The van der Waals surface area contributed by atoms with Crippen LogP contribution in [0.2, 0.25) is 0 Å². The molecule has 1 N–H and O–H groups in total. The Balaban J connectivity index is 1.54. The molecule has 4 aliphatic carbocycles. The van der Waals surface area contributed by atoms with Crippen LogP contribution in [0.15, 0.2) is 72.3 Å². The van der Waals surface area contributed by atoms with Crippen LogP contribution in [-0.4, -0.2) is 17.7 Å². The Morgan fingerprint density at radius 3 is 2.22 bits per heavy atom. The van der Waals surface area contributed by atoms with E-state index in [2.05, 4.69) is 32.9 Å².